The third kappa shape index (κ3) is 1.60. The Hall–Kier alpha value is -1.07. The Morgan fingerprint density at radius 3 is 2.50 bits per heavy atom. The number of nitrogens with two attached hydrogens (primary N) is 2. The van der Waals surface area contributed by atoms with Crippen LogP contribution in [-0.2, 0) is 4.74 Å². The number of ether oxygens (including phenoxy) is 2. The van der Waals surface area contributed by atoms with Gasteiger partial charge in [-0.2, -0.15) is 0 Å². The van der Waals surface area contributed by atoms with Gasteiger partial charge in [0.05, 0.1) is 16.3 Å². The van der Waals surface area contributed by atoms with Gasteiger partial charge in [-0.1, -0.05) is 11.8 Å². The fraction of sp³-hybridized carbons (Fsp3) is 0.455. The Balaban J connectivity index is 2.56. The minimum absolute atomic E-state index is 0.0173. The molecule has 1 atom stereocenters. The molecule has 88 valence electrons. The second kappa shape index (κ2) is 4.07. The van der Waals surface area contributed by atoms with Gasteiger partial charge in [-0.3, -0.25) is 0 Å². The van der Waals surface area contributed by atoms with E-state index in [4.69, 9.17) is 20.9 Å². The van der Waals surface area contributed by atoms with Crippen LogP contribution in [0.15, 0.2) is 4.90 Å². The van der Waals surface area contributed by atoms with Crippen molar-refractivity contribution < 1.29 is 9.47 Å². The van der Waals surface area contributed by atoms with Crippen molar-refractivity contribution in [1.29, 1.82) is 0 Å². The Labute approximate surface area is 99.3 Å². The number of anilines is 2. The highest BCUT2D eigenvalue weighted by atomic mass is 32.2. The number of hydrogen-bond donors (Lipinski definition) is 2. The lowest BCUT2D eigenvalue weighted by atomic mass is 10.1. The maximum Gasteiger partial charge on any atom is 0.158 e. The van der Waals surface area contributed by atoms with E-state index < -0.39 is 0 Å². The van der Waals surface area contributed by atoms with E-state index in [0.717, 1.165) is 21.7 Å². The van der Waals surface area contributed by atoms with Crippen LogP contribution in [0.5, 0.6) is 5.75 Å². The molecule has 0 spiro atoms. The summed E-state index contributed by atoms with van der Waals surface area (Å²) in [6, 6.07) is 0. The van der Waals surface area contributed by atoms with E-state index in [2.05, 4.69) is 0 Å². The number of rotatable bonds is 1. The zero-order chi connectivity index (χ0) is 11.9. The molecule has 0 bridgehead atoms. The van der Waals surface area contributed by atoms with Gasteiger partial charge >= 0.3 is 0 Å². The Morgan fingerprint density at radius 1 is 1.25 bits per heavy atom. The quantitative estimate of drug-likeness (QED) is 0.734. The molecule has 0 radical (unpaired) electrons. The highest BCUT2D eigenvalue weighted by Gasteiger charge is 2.26. The van der Waals surface area contributed by atoms with Crippen LogP contribution in [0, 0.1) is 13.8 Å². The summed E-state index contributed by atoms with van der Waals surface area (Å²) in [5.74, 6) is 0.707. The van der Waals surface area contributed by atoms with Gasteiger partial charge in [0.25, 0.3) is 0 Å². The Kier molecular flexibility index (Phi) is 2.90. The number of nitrogen functional groups attached to an aromatic ring is 2. The van der Waals surface area contributed by atoms with E-state index in [-0.39, 0.29) is 5.44 Å². The predicted molar refractivity (Wildman–Crippen MR) is 66.9 cm³/mol. The lowest BCUT2D eigenvalue weighted by Crippen LogP contribution is -2.22. The fourth-order valence-electron chi connectivity index (χ4n) is 1.68. The molecular weight excluding hydrogens is 224 g/mol. The molecule has 0 amide bonds. The third-order valence-electron chi connectivity index (χ3n) is 2.94. The van der Waals surface area contributed by atoms with Crippen LogP contribution in [0.4, 0.5) is 11.4 Å². The van der Waals surface area contributed by atoms with Gasteiger partial charge < -0.3 is 20.9 Å². The summed E-state index contributed by atoms with van der Waals surface area (Å²) in [4.78, 5) is 0.902. The van der Waals surface area contributed by atoms with E-state index in [1.807, 2.05) is 13.8 Å². The fourth-order valence-corrected chi connectivity index (χ4v) is 2.73. The van der Waals surface area contributed by atoms with E-state index in [9.17, 15) is 0 Å². The van der Waals surface area contributed by atoms with Crippen LogP contribution in [-0.4, -0.2) is 19.2 Å². The number of fused-ring (bicyclic) bond motifs is 1. The van der Waals surface area contributed by atoms with Gasteiger partial charge in [-0.25, -0.2) is 0 Å². The van der Waals surface area contributed by atoms with Crippen LogP contribution >= 0.6 is 11.8 Å². The van der Waals surface area contributed by atoms with Crippen LogP contribution in [0.2, 0.25) is 0 Å². The average Bonchev–Trinajstić information content (AvgIpc) is 2.33. The maximum absolute atomic E-state index is 6.08. The first kappa shape index (κ1) is 11.4. The van der Waals surface area contributed by atoms with Crippen molar-refractivity contribution in [1.82, 2.24) is 0 Å². The van der Waals surface area contributed by atoms with Gasteiger partial charge in [-0.05, 0) is 25.0 Å². The van der Waals surface area contributed by atoms with Gasteiger partial charge in [0, 0.05) is 7.11 Å². The summed E-state index contributed by atoms with van der Waals surface area (Å²) < 4.78 is 10.9. The van der Waals surface area contributed by atoms with Crippen molar-refractivity contribution >= 4 is 23.1 Å². The molecule has 2 rings (SSSR count). The first-order chi connectivity index (χ1) is 7.56. The molecule has 5 heteroatoms. The molecule has 1 aliphatic rings. The molecule has 0 aliphatic carbocycles. The molecule has 1 heterocycles. The van der Waals surface area contributed by atoms with Gasteiger partial charge in [0.2, 0.25) is 0 Å². The van der Waals surface area contributed by atoms with Crippen molar-refractivity contribution in [3.05, 3.63) is 11.1 Å². The normalized spacial score (nSPS) is 19.1. The minimum Gasteiger partial charge on any atom is -0.487 e. The molecular formula is C11H16N2O2S. The van der Waals surface area contributed by atoms with Crippen molar-refractivity contribution in [3.8, 4) is 5.75 Å². The lowest BCUT2D eigenvalue weighted by molar-refractivity contribution is 0.114. The average molecular weight is 240 g/mol. The molecule has 0 aromatic heterocycles. The molecule has 4 nitrogen and oxygen atoms in total. The standard InChI is InChI=1S/C11H16N2O2S/c1-5-6(2)9(13)11-10(8(5)12)15-4-7(14-3)16-11/h7H,4,12-13H2,1-3H3. The smallest absolute Gasteiger partial charge is 0.158 e. The molecule has 4 N–H and O–H groups in total. The number of methoxy groups -OCH3 is 1. The molecule has 1 aliphatic heterocycles. The molecule has 0 fully saturated rings. The Morgan fingerprint density at radius 2 is 1.88 bits per heavy atom. The summed E-state index contributed by atoms with van der Waals surface area (Å²) in [6.07, 6.45) is 0. The van der Waals surface area contributed by atoms with Crippen molar-refractivity contribution in [2.75, 3.05) is 25.2 Å². The SMILES string of the molecule is COC1COc2c(N)c(C)c(C)c(N)c2S1. The van der Waals surface area contributed by atoms with Crippen molar-refractivity contribution in [2.45, 2.75) is 24.2 Å². The lowest BCUT2D eigenvalue weighted by Gasteiger charge is -2.27. The summed E-state index contributed by atoms with van der Waals surface area (Å²) in [7, 11) is 1.66. The topological polar surface area (TPSA) is 70.5 Å². The van der Waals surface area contributed by atoms with Crippen LogP contribution < -0.4 is 16.2 Å². The highest BCUT2D eigenvalue weighted by molar-refractivity contribution is 8.00. The number of hydrogen-bond acceptors (Lipinski definition) is 5. The van der Waals surface area contributed by atoms with Crippen molar-refractivity contribution in [2.24, 2.45) is 0 Å². The first-order valence-electron chi connectivity index (χ1n) is 5.06. The predicted octanol–water partition coefficient (Wildman–Crippen LogP) is 1.92. The monoisotopic (exact) mass is 240 g/mol. The van der Waals surface area contributed by atoms with Gasteiger partial charge in [0.15, 0.2) is 5.75 Å². The summed E-state index contributed by atoms with van der Waals surface area (Å²) in [5.41, 5.74) is 15.5. The van der Waals surface area contributed by atoms with E-state index in [1.54, 1.807) is 18.9 Å². The second-order valence-electron chi connectivity index (χ2n) is 3.83. The summed E-state index contributed by atoms with van der Waals surface area (Å²) in [5, 5.41) is 0. The van der Waals surface area contributed by atoms with Gasteiger partial charge in [0.1, 0.15) is 12.0 Å². The molecule has 16 heavy (non-hydrogen) atoms. The molecule has 0 saturated carbocycles. The van der Waals surface area contributed by atoms with Crippen LogP contribution in [0.3, 0.4) is 0 Å². The Bertz CT molecular complexity index is 435. The molecule has 0 saturated heterocycles. The first-order valence-corrected chi connectivity index (χ1v) is 5.94. The van der Waals surface area contributed by atoms with E-state index in [1.165, 1.54) is 0 Å². The van der Waals surface area contributed by atoms with Crippen LogP contribution in [0.1, 0.15) is 11.1 Å². The molecule has 1 aromatic rings. The van der Waals surface area contributed by atoms with Crippen LogP contribution in [0.25, 0.3) is 0 Å². The zero-order valence-corrected chi connectivity index (χ0v) is 10.5. The minimum atomic E-state index is -0.0173. The summed E-state index contributed by atoms with van der Waals surface area (Å²) >= 11 is 1.57. The largest absolute Gasteiger partial charge is 0.487 e. The van der Waals surface area contributed by atoms with E-state index in [0.29, 0.717) is 18.0 Å². The summed E-state index contributed by atoms with van der Waals surface area (Å²) in [6.45, 7) is 4.43. The third-order valence-corrected chi connectivity index (χ3v) is 4.17. The van der Waals surface area contributed by atoms with Crippen molar-refractivity contribution in [3.63, 3.8) is 0 Å². The maximum atomic E-state index is 6.08. The molecule has 1 unspecified atom stereocenters. The molecule has 1 aromatic carbocycles. The second-order valence-corrected chi connectivity index (χ2v) is 5.00. The van der Waals surface area contributed by atoms with E-state index >= 15 is 0 Å². The number of thioether (sulfide) groups is 1. The highest BCUT2D eigenvalue weighted by Crippen LogP contribution is 2.47. The zero-order valence-electron chi connectivity index (χ0n) is 9.66. The number of benzene rings is 1. The van der Waals surface area contributed by atoms with Gasteiger partial charge in [-0.15, -0.1) is 0 Å².